The number of ether oxygens (including phenoxy) is 3. The summed E-state index contributed by atoms with van der Waals surface area (Å²) in [5.74, 6) is 1.50. The lowest BCUT2D eigenvalue weighted by Crippen LogP contribution is -2.42. The molecule has 0 fully saturated rings. The number of carbonyl (C=O) groups excluding carboxylic acids is 1. The highest BCUT2D eigenvalue weighted by Gasteiger charge is 2.33. The number of methoxy groups -OCH3 is 2. The van der Waals surface area contributed by atoms with Crippen molar-refractivity contribution in [3.8, 4) is 17.2 Å². The topological polar surface area (TPSA) is 91.1 Å². The molecule has 1 unspecified atom stereocenters. The van der Waals surface area contributed by atoms with E-state index in [1.807, 2.05) is 12.1 Å². The lowest BCUT2D eigenvalue weighted by Gasteiger charge is -2.37. The Bertz CT molecular complexity index is 1200. The maximum atomic E-state index is 13.4. The lowest BCUT2D eigenvalue weighted by atomic mass is 9.91. The molecule has 0 bridgehead atoms. The van der Waals surface area contributed by atoms with Gasteiger partial charge in [0, 0.05) is 29.3 Å². The second-order valence-corrected chi connectivity index (χ2v) is 8.18. The van der Waals surface area contributed by atoms with Gasteiger partial charge in [0.05, 0.1) is 25.2 Å². The van der Waals surface area contributed by atoms with Crippen molar-refractivity contribution in [2.24, 2.45) is 0 Å². The van der Waals surface area contributed by atoms with Gasteiger partial charge < -0.3 is 19.1 Å². The summed E-state index contributed by atoms with van der Waals surface area (Å²) >= 11 is 6.00. The molecule has 9 heteroatoms. The van der Waals surface area contributed by atoms with E-state index in [1.54, 1.807) is 55.5 Å². The molecule has 176 valence electrons. The average Bonchev–Trinajstić information content (AvgIpc) is 2.86. The first-order chi connectivity index (χ1) is 16.4. The van der Waals surface area contributed by atoms with Crippen molar-refractivity contribution in [3.05, 3.63) is 92.5 Å². The molecule has 0 N–H and O–H groups in total. The van der Waals surface area contributed by atoms with E-state index in [-0.39, 0.29) is 18.2 Å². The molecule has 4 rings (SSSR count). The second kappa shape index (κ2) is 10.0. The van der Waals surface area contributed by atoms with Crippen LogP contribution < -0.4 is 14.2 Å². The number of nitrogens with zero attached hydrogens (tertiary/aromatic N) is 2. The lowest BCUT2D eigenvalue weighted by molar-refractivity contribution is -0.384. The third kappa shape index (κ3) is 4.77. The molecule has 1 amide bonds. The minimum atomic E-state index is -0.465. The number of hydrogen-bond donors (Lipinski definition) is 0. The van der Waals surface area contributed by atoms with E-state index in [0.29, 0.717) is 40.8 Å². The summed E-state index contributed by atoms with van der Waals surface area (Å²) in [5.41, 5.74) is 2.43. The molecule has 1 aliphatic heterocycles. The van der Waals surface area contributed by atoms with Crippen LogP contribution in [-0.2, 0) is 6.42 Å². The fraction of sp³-hybridized carbons (Fsp3) is 0.240. The van der Waals surface area contributed by atoms with Crippen LogP contribution in [0.3, 0.4) is 0 Å². The Morgan fingerprint density at radius 2 is 1.71 bits per heavy atom. The van der Waals surface area contributed by atoms with E-state index in [0.717, 1.165) is 11.1 Å². The number of nitro benzene ring substituents is 1. The summed E-state index contributed by atoms with van der Waals surface area (Å²) in [7, 11) is 3.14. The molecule has 3 aromatic rings. The molecular formula is C25H23ClN2O6. The van der Waals surface area contributed by atoms with E-state index in [1.165, 1.54) is 12.1 Å². The summed E-state index contributed by atoms with van der Waals surface area (Å²) < 4.78 is 16.9. The molecule has 8 nitrogen and oxygen atoms in total. The molecule has 34 heavy (non-hydrogen) atoms. The zero-order valence-corrected chi connectivity index (χ0v) is 19.4. The zero-order valence-electron chi connectivity index (χ0n) is 18.7. The quantitative estimate of drug-likeness (QED) is 0.344. The normalized spacial score (nSPS) is 14.8. The highest BCUT2D eigenvalue weighted by molar-refractivity contribution is 6.30. The first-order valence-electron chi connectivity index (χ1n) is 10.6. The SMILES string of the molecule is COc1cc2c(cc1OC)C(COc1ccc([N+](=O)[O-])cc1)N(C(=O)c1ccc(Cl)cc1)CC2. The minimum absolute atomic E-state index is 0.0215. The highest BCUT2D eigenvalue weighted by atomic mass is 35.5. The van der Waals surface area contributed by atoms with Crippen molar-refractivity contribution in [1.82, 2.24) is 4.90 Å². The Morgan fingerprint density at radius 1 is 1.06 bits per heavy atom. The number of nitro groups is 1. The standard InChI is InChI=1S/C25H23ClN2O6/c1-32-23-13-17-11-12-27(25(29)16-3-5-18(26)6-4-16)22(21(17)14-24(23)33-2)15-34-20-9-7-19(8-10-20)28(30)31/h3-10,13-14,22H,11-12,15H2,1-2H3. The van der Waals surface area contributed by atoms with Crippen LogP contribution in [0.15, 0.2) is 60.7 Å². The Kier molecular flexibility index (Phi) is 6.88. The molecule has 0 radical (unpaired) electrons. The highest BCUT2D eigenvalue weighted by Crippen LogP contribution is 2.39. The number of benzene rings is 3. The number of halogens is 1. The van der Waals surface area contributed by atoms with Gasteiger partial charge in [-0.1, -0.05) is 11.6 Å². The van der Waals surface area contributed by atoms with Crippen molar-refractivity contribution in [2.45, 2.75) is 12.5 Å². The van der Waals surface area contributed by atoms with Crippen molar-refractivity contribution >= 4 is 23.2 Å². The van der Waals surface area contributed by atoms with Gasteiger partial charge in [0.1, 0.15) is 12.4 Å². The van der Waals surface area contributed by atoms with E-state index in [2.05, 4.69) is 0 Å². The van der Waals surface area contributed by atoms with Gasteiger partial charge in [-0.2, -0.15) is 0 Å². The first-order valence-corrected chi connectivity index (χ1v) is 11.0. The van der Waals surface area contributed by atoms with Gasteiger partial charge in [0.15, 0.2) is 11.5 Å². The summed E-state index contributed by atoms with van der Waals surface area (Å²) in [6, 6.07) is 16.0. The van der Waals surface area contributed by atoms with Gasteiger partial charge in [-0.15, -0.1) is 0 Å². The van der Waals surface area contributed by atoms with Crippen molar-refractivity contribution in [3.63, 3.8) is 0 Å². The third-order valence-electron chi connectivity index (χ3n) is 5.81. The van der Waals surface area contributed by atoms with E-state index < -0.39 is 11.0 Å². The van der Waals surface area contributed by atoms with Gasteiger partial charge in [0.25, 0.3) is 11.6 Å². The summed E-state index contributed by atoms with van der Waals surface area (Å²) in [6.07, 6.45) is 0.642. The van der Waals surface area contributed by atoms with Crippen LogP contribution in [0.4, 0.5) is 5.69 Å². The fourth-order valence-corrected chi connectivity index (χ4v) is 4.17. The second-order valence-electron chi connectivity index (χ2n) is 7.74. The fourth-order valence-electron chi connectivity index (χ4n) is 4.05. The minimum Gasteiger partial charge on any atom is -0.493 e. The van der Waals surface area contributed by atoms with Crippen LogP contribution in [0.25, 0.3) is 0 Å². The number of hydrogen-bond acceptors (Lipinski definition) is 6. The van der Waals surface area contributed by atoms with Crippen LogP contribution in [0.2, 0.25) is 5.02 Å². The molecule has 0 aliphatic carbocycles. The number of fused-ring (bicyclic) bond motifs is 1. The van der Waals surface area contributed by atoms with Gasteiger partial charge >= 0.3 is 0 Å². The van der Waals surface area contributed by atoms with E-state index in [4.69, 9.17) is 25.8 Å². The molecule has 1 heterocycles. The molecule has 3 aromatic carbocycles. The number of amides is 1. The molecule has 1 atom stereocenters. The molecule has 0 saturated heterocycles. The van der Waals surface area contributed by atoms with Crippen LogP contribution in [0.1, 0.15) is 27.5 Å². The van der Waals surface area contributed by atoms with Gasteiger partial charge in [-0.25, -0.2) is 0 Å². The van der Waals surface area contributed by atoms with Crippen molar-refractivity contribution in [1.29, 1.82) is 0 Å². The van der Waals surface area contributed by atoms with Gasteiger partial charge in [0.2, 0.25) is 0 Å². The number of non-ortho nitro benzene ring substituents is 1. The number of rotatable bonds is 7. The molecule has 1 aliphatic rings. The number of carbonyl (C=O) groups is 1. The Hall–Kier alpha value is -3.78. The smallest absolute Gasteiger partial charge is 0.269 e. The third-order valence-corrected chi connectivity index (χ3v) is 6.06. The van der Waals surface area contributed by atoms with Crippen molar-refractivity contribution < 1.29 is 23.9 Å². The Morgan fingerprint density at radius 3 is 2.32 bits per heavy atom. The Labute approximate surface area is 201 Å². The predicted molar refractivity (Wildman–Crippen MR) is 127 cm³/mol. The van der Waals surface area contributed by atoms with Crippen molar-refractivity contribution in [2.75, 3.05) is 27.4 Å². The average molecular weight is 483 g/mol. The predicted octanol–water partition coefficient (Wildman–Crippen LogP) is 5.08. The van der Waals surface area contributed by atoms with Crippen LogP contribution in [0, 0.1) is 10.1 Å². The van der Waals surface area contributed by atoms with Gasteiger partial charge in [-0.3, -0.25) is 14.9 Å². The largest absolute Gasteiger partial charge is 0.493 e. The van der Waals surface area contributed by atoms with Crippen LogP contribution >= 0.6 is 11.6 Å². The van der Waals surface area contributed by atoms with Crippen LogP contribution in [0.5, 0.6) is 17.2 Å². The monoisotopic (exact) mass is 482 g/mol. The summed E-state index contributed by atoms with van der Waals surface area (Å²) in [6.45, 7) is 0.637. The molecule has 0 spiro atoms. The van der Waals surface area contributed by atoms with E-state index >= 15 is 0 Å². The van der Waals surface area contributed by atoms with E-state index in [9.17, 15) is 14.9 Å². The molecule has 0 aromatic heterocycles. The Balaban J connectivity index is 1.67. The first kappa shape index (κ1) is 23.4. The molecule has 0 saturated carbocycles. The maximum absolute atomic E-state index is 13.4. The summed E-state index contributed by atoms with van der Waals surface area (Å²) in [5, 5.41) is 11.5. The molecular weight excluding hydrogens is 460 g/mol. The van der Waals surface area contributed by atoms with Gasteiger partial charge in [-0.05, 0) is 66.1 Å². The van der Waals surface area contributed by atoms with Crippen LogP contribution in [-0.4, -0.2) is 43.1 Å². The zero-order chi connectivity index (χ0) is 24.2. The summed E-state index contributed by atoms with van der Waals surface area (Å²) in [4.78, 5) is 25.7. The maximum Gasteiger partial charge on any atom is 0.269 e.